The van der Waals surface area contributed by atoms with Crippen LogP contribution in [0.15, 0.2) is 34.9 Å². The lowest BCUT2D eigenvalue weighted by atomic mass is 10.3. The van der Waals surface area contributed by atoms with Crippen LogP contribution >= 0.6 is 0 Å². The topological polar surface area (TPSA) is 61.3 Å². The molecule has 1 heterocycles. The SMILES string of the molecule is Nc1nc(COc2ccc(F)cc2)co1. The minimum Gasteiger partial charge on any atom is -0.487 e. The molecule has 1 aromatic carbocycles. The number of hydrogen-bond donors (Lipinski definition) is 1. The summed E-state index contributed by atoms with van der Waals surface area (Å²) >= 11 is 0. The summed E-state index contributed by atoms with van der Waals surface area (Å²) in [5.41, 5.74) is 5.88. The third kappa shape index (κ3) is 2.46. The number of nitrogens with two attached hydrogens (primary N) is 1. The Hall–Kier alpha value is -2.04. The number of nitrogens with zero attached hydrogens (tertiary/aromatic N) is 1. The molecule has 0 radical (unpaired) electrons. The second-order valence-electron chi connectivity index (χ2n) is 2.92. The third-order valence-electron chi connectivity index (χ3n) is 1.77. The maximum Gasteiger partial charge on any atom is 0.292 e. The van der Waals surface area contributed by atoms with Gasteiger partial charge >= 0.3 is 0 Å². The van der Waals surface area contributed by atoms with E-state index in [0.29, 0.717) is 11.4 Å². The molecule has 2 rings (SSSR count). The number of rotatable bonds is 3. The Morgan fingerprint density at radius 3 is 2.67 bits per heavy atom. The molecule has 1 aromatic heterocycles. The fourth-order valence-corrected chi connectivity index (χ4v) is 1.08. The van der Waals surface area contributed by atoms with Gasteiger partial charge in [-0.3, -0.25) is 0 Å². The fourth-order valence-electron chi connectivity index (χ4n) is 1.08. The molecule has 0 atom stereocenters. The molecule has 78 valence electrons. The maximum atomic E-state index is 12.6. The van der Waals surface area contributed by atoms with Crippen LogP contribution in [0.25, 0.3) is 0 Å². The Bertz CT molecular complexity index is 439. The van der Waals surface area contributed by atoms with Crippen LogP contribution in [0, 0.1) is 5.82 Å². The van der Waals surface area contributed by atoms with Crippen molar-refractivity contribution < 1.29 is 13.5 Å². The highest BCUT2D eigenvalue weighted by atomic mass is 19.1. The van der Waals surface area contributed by atoms with Crippen LogP contribution in [0.1, 0.15) is 5.69 Å². The number of aromatic nitrogens is 1. The lowest BCUT2D eigenvalue weighted by Gasteiger charge is -2.02. The van der Waals surface area contributed by atoms with Gasteiger partial charge in [-0.2, -0.15) is 4.98 Å². The zero-order valence-electron chi connectivity index (χ0n) is 7.81. The van der Waals surface area contributed by atoms with E-state index >= 15 is 0 Å². The zero-order valence-corrected chi connectivity index (χ0v) is 7.81. The minimum atomic E-state index is -0.298. The Labute approximate surface area is 85.5 Å². The first-order valence-electron chi connectivity index (χ1n) is 4.32. The molecule has 0 unspecified atom stereocenters. The van der Waals surface area contributed by atoms with Crippen LogP contribution in [-0.4, -0.2) is 4.98 Å². The van der Waals surface area contributed by atoms with Gasteiger partial charge < -0.3 is 14.9 Å². The largest absolute Gasteiger partial charge is 0.487 e. The molecule has 2 N–H and O–H groups in total. The van der Waals surface area contributed by atoms with Crippen molar-refractivity contribution in [3.05, 3.63) is 42.0 Å². The number of hydrogen-bond acceptors (Lipinski definition) is 4. The second-order valence-corrected chi connectivity index (χ2v) is 2.92. The van der Waals surface area contributed by atoms with Crippen LogP contribution in [0.5, 0.6) is 5.75 Å². The summed E-state index contributed by atoms with van der Waals surface area (Å²) in [6.07, 6.45) is 1.42. The molecule has 0 bridgehead atoms. The van der Waals surface area contributed by atoms with Gasteiger partial charge in [0.2, 0.25) is 0 Å². The van der Waals surface area contributed by atoms with Crippen LogP contribution in [-0.2, 0) is 6.61 Å². The molecular formula is C10H9FN2O2. The van der Waals surface area contributed by atoms with Crippen molar-refractivity contribution in [2.75, 3.05) is 5.73 Å². The number of oxazole rings is 1. The Kier molecular flexibility index (Phi) is 2.53. The highest BCUT2D eigenvalue weighted by molar-refractivity contribution is 5.22. The van der Waals surface area contributed by atoms with Gasteiger partial charge in [0.1, 0.15) is 30.1 Å². The van der Waals surface area contributed by atoms with Crippen molar-refractivity contribution in [3.8, 4) is 5.75 Å². The van der Waals surface area contributed by atoms with Gasteiger partial charge in [0, 0.05) is 0 Å². The van der Waals surface area contributed by atoms with Gasteiger partial charge in [-0.1, -0.05) is 0 Å². The van der Waals surface area contributed by atoms with Gasteiger partial charge in [0.25, 0.3) is 6.01 Å². The fraction of sp³-hybridized carbons (Fsp3) is 0.100. The van der Waals surface area contributed by atoms with Gasteiger partial charge in [-0.25, -0.2) is 4.39 Å². The molecule has 5 heteroatoms. The van der Waals surface area contributed by atoms with E-state index in [1.807, 2.05) is 0 Å². The molecule has 0 amide bonds. The summed E-state index contributed by atoms with van der Waals surface area (Å²) in [5.74, 6) is 0.269. The van der Waals surface area contributed by atoms with Crippen molar-refractivity contribution in [1.29, 1.82) is 0 Å². The maximum absolute atomic E-state index is 12.6. The van der Waals surface area contributed by atoms with E-state index in [9.17, 15) is 4.39 Å². The molecule has 0 aliphatic heterocycles. The molecule has 4 nitrogen and oxygen atoms in total. The van der Waals surface area contributed by atoms with Gasteiger partial charge in [-0.15, -0.1) is 0 Å². The molecule has 0 aliphatic rings. The predicted octanol–water partition coefficient (Wildman–Crippen LogP) is 1.97. The van der Waals surface area contributed by atoms with E-state index in [4.69, 9.17) is 14.9 Å². The van der Waals surface area contributed by atoms with Gasteiger partial charge in [0.15, 0.2) is 0 Å². The summed E-state index contributed by atoms with van der Waals surface area (Å²) < 4.78 is 22.7. The Morgan fingerprint density at radius 1 is 1.33 bits per heavy atom. The lowest BCUT2D eigenvalue weighted by Crippen LogP contribution is -1.96. The van der Waals surface area contributed by atoms with Crippen molar-refractivity contribution in [1.82, 2.24) is 4.98 Å². The number of nitrogen functional groups attached to an aromatic ring is 1. The summed E-state index contributed by atoms with van der Waals surface area (Å²) in [6, 6.07) is 5.84. The van der Waals surface area contributed by atoms with Crippen LogP contribution in [0.3, 0.4) is 0 Å². The third-order valence-corrected chi connectivity index (χ3v) is 1.77. The van der Waals surface area contributed by atoms with Crippen molar-refractivity contribution in [2.45, 2.75) is 6.61 Å². The van der Waals surface area contributed by atoms with E-state index < -0.39 is 0 Å². The van der Waals surface area contributed by atoms with Crippen LogP contribution in [0.2, 0.25) is 0 Å². The summed E-state index contributed by atoms with van der Waals surface area (Å²) in [6.45, 7) is 0.242. The van der Waals surface area contributed by atoms with E-state index in [2.05, 4.69) is 4.98 Å². The van der Waals surface area contributed by atoms with Crippen molar-refractivity contribution in [3.63, 3.8) is 0 Å². The normalized spacial score (nSPS) is 10.2. The molecule has 0 saturated heterocycles. The highest BCUT2D eigenvalue weighted by Crippen LogP contribution is 2.13. The Balaban J connectivity index is 1.96. The molecule has 0 aliphatic carbocycles. The molecule has 0 spiro atoms. The van der Waals surface area contributed by atoms with E-state index in [0.717, 1.165) is 0 Å². The van der Waals surface area contributed by atoms with Crippen molar-refractivity contribution >= 4 is 6.01 Å². The van der Waals surface area contributed by atoms with E-state index in [-0.39, 0.29) is 18.4 Å². The number of benzene rings is 1. The second kappa shape index (κ2) is 4.00. The first kappa shape index (κ1) is 9.51. The summed E-state index contributed by atoms with van der Waals surface area (Å²) in [7, 11) is 0. The average molecular weight is 208 g/mol. The average Bonchev–Trinajstić information content (AvgIpc) is 2.64. The zero-order chi connectivity index (χ0) is 10.7. The first-order chi connectivity index (χ1) is 7.24. The summed E-state index contributed by atoms with van der Waals surface area (Å²) in [4.78, 5) is 3.86. The molecule has 0 fully saturated rings. The smallest absolute Gasteiger partial charge is 0.292 e. The Morgan fingerprint density at radius 2 is 2.07 bits per heavy atom. The molecule has 0 saturated carbocycles. The number of halogens is 1. The van der Waals surface area contributed by atoms with Gasteiger partial charge in [-0.05, 0) is 24.3 Å². The number of ether oxygens (including phenoxy) is 1. The minimum absolute atomic E-state index is 0.104. The standard InChI is InChI=1S/C10H9FN2O2/c11-7-1-3-9(4-2-7)14-5-8-6-15-10(12)13-8/h1-4,6H,5H2,(H2,12,13). The highest BCUT2D eigenvalue weighted by Gasteiger charge is 2.01. The quantitative estimate of drug-likeness (QED) is 0.837. The number of anilines is 1. The van der Waals surface area contributed by atoms with Crippen LogP contribution in [0.4, 0.5) is 10.4 Å². The van der Waals surface area contributed by atoms with E-state index in [1.165, 1.54) is 18.4 Å². The predicted molar refractivity (Wildman–Crippen MR) is 51.6 cm³/mol. The molecular weight excluding hydrogens is 199 g/mol. The lowest BCUT2D eigenvalue weighted by molar-refractivity contribution is 0.300. The molecule has 15 heavy (non-hydrogen) atoms. The summed E-state index contributed by atoms with van der Waals surface area (Å²) in [5, 5.41) is 0. The van der Waals surface area contributed by atoms with Crippen molar-refractivity contribution in [2.24, 2.45) is 0 Å². The van der Waals surface area contributed by atoms with Gasteiger partial charge in [0.05, 0.1) is 0 Å². The van der Waals surface area contributed by atoms with E-state index in [1.54, 1.807) is 12.1 Å². The molecule has 2 aromatic rings. The first-order valence-corrected chi connectivity index (χ1v) is 4.32. The van der Waals surface area contributed by atoms with Crippen LogP contribution < -0.4 is 10.5 Å². The monoisotopic (exact) mass is 208 g/mol.